The van der Waals surface area contributed by atoms with Gasteiger partial charge in [0.05, 0.1) is 5.52 Å². The number of aryl methyl sites for hydroxylation is 1. The van der Waals surface area contributed by atoms with E-state index in [0.29, 0.717) is 5.38 Å². The molecule has 0 N–H and O–H groups in total. The number of nitrogens with zero attached hydrogens (tertiary/aromatic N) is 1. The first kappa shape index (κ1) is 11.0. The first-order chi connectivity index (χ1) is 8.34. The lowest BCUT2D eigenvalue weighted by Gasteiger charge is -2.09. The zero-order chi connectivity index (χ0) is 11.7. The van der Waals surface area contributed by atoms with Crippen LogP contribution < -0.4 is 0 Å². The van der Waals surface area contributed by atoms with Gasteiger partial charge in [-0.2, -0.15) is 0 Å². The normalized spacial score (nSPS) is 17.2. The quantitative estimate of drug-likeness (QED) is 0.737. The maximum atomic E-state index is 6.36. The standard InChI is InChI=1S/C15H16ClN/c16-14(12-6-7-12)9-8-11-3-1-5-15-13(11)4-2-10-17-15/h1-5,10,12,14H,6-9H2. The Bertz CT molecular complexity index is 514. The topological polar surface area (TPSA) is 12.9 Å². The highest BCUT2D eigenvalue weighted by Crippen LogP contribution is 2.37. The lowest BCUT2D eigenvalue weighted by Crippen LogP contribution is -2.03. The van der Waals surface area contributed by atoms with Crippen molar-refractivity contribution in [2.24, 2.45) is 5.92 Å². The molecule has 1 saturated carbocycles. The second-order valence-electron chi connectivity index (χ2n) is 4.88. The summed E-state index contributed by atoms with van der Waals surface area (Å²) in [6, 6.07) is 10.5. The number of hydrogen-bond donors (Lipinski definition) is 0. The van der Waals surface area contributed by atoms with E-state index < -0.39 is 0 Å². The molecule has 1 nitrogen and oxygen atoms in total. The molecule has 1 aromatic carbocycles. The average molecular weight is 246 g/mol. The Kier molecular flexibility index (Phi) is 3.02. The van der Waals surface area contributed by atoms with Crippen LogP contribution in [-0.2, 0) is 6.42 Å². The molecule has 1 atom stereocenters. The van der Waals surface area contributed by atoms with Crippen LogP contribution in [0.1, 0.15) is 24.8 Å². The van der Waals surface area contributed by atoms with E-state index in [-0.39, 0.29) is 0 Å². The van der Waals surface area contributed by atoms with Gasteiger partial charge in [-0.15, -0.1) is 11.6 Å². The van der Waals surface area contributed by atoms with Crippen LogP contribution in [0.4, 0.5) is 0 Å². The van der Waals surface area contributed by atoms with Gasteiger partial charge in [-0.1, -0.05) is 18.2 Å². The maximum absolute atomic E-state index is 6.36. The number of hydrogen-bond acceptors (Lipinski definition) is 1. The van der Waals surface area contributed by atoms with Crippen LogP contribution in [0.15, 0.2) is 36.5 Å². The number of halogens is 1. The molecule has 88 valence electrons. The van der Waals surface area contributed by atoms with Crippen molar-refractivity contribution in [2.45, 2.75) is 31.1 Å². The predicted octanol–water partition coefficient (Wildman–Crippen LogP) is 4.18. The molecule has 1 aromatic heterocycles. The number of aromatic nitrogens is 1. The summed E-state index contributed by atoms with van der Waals surface area (Å²) < 4.78 is 0. The highest BCUT2D eigenvalue weighted by molar-refractivity contribution is 6.21. The smallest absolute Gasteiger partial charge is 0.0704 e. The lowest BCUT2D eigenvalue weighted by atomic mass is 10.0. The van der Waals surface area contributed by atoms with Gasteiger partial charge < -0.3 is 0 Å². The first-order valence-corrected chi connectivity index (χ1v) is 6.75. The summed E-state index contributed by atoms with van der Waals surface area (Å²) in [5, 5.41) is 1.64. The van der Waals surface area contributed by atoms with E-state index in [4.69, 9.17) is 11.6 Å². The summed E-state index contributed by atoms with van der Waals surface area (Å²) in [5.74, 6) is 0.782. The molecular formula is C15H16ClN. The lowest BCUT2D eigenvalue weighted by molar-refractivity contribution is 0.678. The number of pyridine rings is 1. The molecular weight excluding hydrogens is 230 g/mol. The molecule has 0 bridgehead atoms. The molecule has 0 spiro atoms. The SMILES string of the molecule is ClC(CCc1cccc2ncccc12)C1CC1. The van der Waals surface area contributed by atoms with E-state index in [1.165, 1.54) is 23.8 Å². The summed E-state index contributed by atoms with van der Waals surface area (Å²) in [6.45, 7) is 0. The van der Waals surface area contributed by atoms with Crippen LogP contribution >= 0.6 is 11.6 Å². The van der Waals surface area contributed by atoms with Gasteiger partial charge in [0.15, 0.2) is 0 Å². The van der Waals surface area contributed by atoms with E-state index in [0.717, 1.165) is 24.3 Å². The van der Waals surface area contributed by atoms with Gasteiger partial charge in [-0.05, 0) is 49.3 Å². The van der Waals surface area contributed by atoms with Gasteiger partial charge in [0.1, 0.15) is 0 Å². The number of alkyl halides is 1. The van der Waals surface area contributed by atoms with E-state index in [1.54, 1.807) is 0 Å². The Labute approximate surface area is 107 Å². The fourth-order valence-electron chi connectivity index (χ4n) is 2.37. The molecule has 1 unspecified atom stereocenters. The fraction of sp³-hybridized carbons (Fsp3) is 0.400. The summed E-state index contributed by atoms with van der Waals surface area (Å²) >= 11 is 6.36. The second-order valence-corrected chi connectivity index (χ2v) is 5.44. The molecule has 17 heavy (non-hydrogen) atoms. The molecule has 1 fully saturated rings. The highest BCUT2D eigenvalue weighted by Gasteiger charge is 2.29. The Morgan fingerprint density at radius 1 is 1.24 bits per heavy atom. The van der Waals surface area contributed by atoms with Crippen molar-refractivity contribution < 1.29 is 0 Å². The third kappa shape index (κ3) is 2.44. The van der Waals surface area contributed by atoms with Crippen molar-refractivity contribution in [3.8, 4) is 0 Å². The largest absolute Gasteiger partial charge is 0.256 e. The van der Waals surface area contributed by atoms with Gasteiger partial charge in [0.2, 0.25) is 0 Å². The van der Waals surface area contributed by atoms with Crippen LogP contribution in [0.25, 0.3) is 10.9 Å². The van der Waals surface area contributed by atoms with Gasteiger partial charge in [0, 0.05) is 17.0 Å². The second kappa shape index (κ2) is 4.66. The third-order valence-electron chi connectivity index (χ3n) is 3.56. The first-order valence-electron chi connectivity index (χ1n) is 6.31. The van der Waals surface area contributed by atoms with Crippen LogP contribution in [0.3, 0.4) is 0 Å². The third-order valence-corrected chi connectivity index (χ3v) is 4.13. The van der Waals surface area contributed by atoms with E-state index >= 15 is 0 Å². The minimum atomic E-state index is 0.363. The zero-order valence-electron chi connectivity index (χ0n) is 9.77. The number of benzene rings is 1. The van der Waals surface area contributed by atoms with E-state index in [1.807, 2.05) is 12.3 Å². The van der Waals surface area contributed by atoms with Crippen molar-refractivity contribution >= 4 is 22.5 Å². The monoisotopic (exact) mass is 245 g/mol. The summed E-state index contributed by atoms with van der Waals surface area (Å²) in [4.78, 5) is 4.38. The van der Waals surface area contributed by atoms with Gasteiger partial charge in [0.25, 0.3) is 0 Å². The molecule has 0 radical (unpaired) electrons. The Hall–Kier alpha value is -1.08. The summed E-state index contributed by atoms with van der Waals surface area (Å²) in [7, 11) is 0. The Balaban J connectivity index is 1.79. The molecule has 0 aliphatic heterocycles. The summed E-state index contributed by atoms with van der Waals surface area (Å²) in [6.07, 6.45) is 6.64. The Morgan fingerprint density at radius 3 is 2.94 bits per heavy atom. The Morgan fingerprint density at radius 2 is 2.12 bits per heavy atom. The van der Waals surface area contributed by atoms with Gasteiger partial charge in [-0.3, -0.25) is 4.98 Å². The fourth-order valence-corrected chi connectivity index (χ4v) is 2.73. The van der Waals surface area contributed by atoms with E-state index in [9.17, 15) is 0 Å². The molecule has 1 heterocycles. The number of rotatable bonds is 4. The number of fused-ring (bicyclic) bond motifs is 1. The molecule has 1 aliphatic rings. The molecule has 2 aromatic rings. The van der Waals surface area contributed by atoms with Gasteiger partial charge in [-0.25, -0.2) is 0 Å². The van der Waals surface area contributed by atoms with Crippen molar-refractivity contribution in [3.05, 3.63) is 42.1 Å². The summed E-state index contributed by atoms with van der Waals surface area (Å²) in [5.41, 5.74) is 2.46. The minimum Gasteiger partial charge on any atom is -0.256 e. The molecule has 1 aliphatic carbocycles. The van der Waals surface area contributed by atoms with Crippen molar-refractivity contribution in [2.75, 3.05) is 0 Å². The van der Waals surface area contributed by atoms with Crippen LogP contribution in [0.5, 0.6) is 0 Å². The highest BCUT2D eigenvalue weighted by atomic mass is 35.5. The van der Waals surface area contributed by atoms with Crippen molar-refractivity contribution in [1.29, 1.82) is 0 Å². The van der Waals surface area contributed by atoms with Crippen LogP contribution in [0.2, 0.25) is 0 Å². The molecule has 0 saturated heterocycles. The van der Waals surface area contributed by atoms with Crippen molar-refractivity contribution in [1.82, 2.24) is 4.98 Å². The van der Waals surface area contributed by atoms with Crippen molar-refractivity contribution in [3.63, 3.8) is 0 Å². The maximum Gasteiger partial charge on any atom is 0.0704 e. The van der Waals surface area contributed by atoms with Crippen LogP contribution in [0, 0.1) is 5.92 Å². The molecule has 2 heteroatoms. The van der Waals surface area contributed by atoms with Gasteiger partial charge >= 0.3 is 0 Å². The molecule has 3 rings (SSSR count). The van der Waals surface area contributed by atoms with E-state index in [2.05, 4.69) is 29.2 Å². The predicted molar refractivity (Wildman–Crippen MR) is 72.4 cm³/mol. The van der Waals surface area contributed by atoms with Crippen LogP contribution in [-0.4, -0.2) is 10.4 Å². The minimum absolute atomic E-state index is 0.363. The molecule has 0 amide bonds. The average Bonchev–Trinajstić information content (AvgIpc) is 3.20. The zero-order valence-corrected chi connectivity index (χ0v) is 10.5.